The fourth-order valence-electron chi connectivity index (χ4n) is 1.30. The molecule has 0 saturated heterocycles. The van der Waals surface area contributed by atoms with E-state index in [1.165, 1.54) is 6.42 Å². The number of carbonyl (C=O) groups is 1. The van der Waals surface area contributed by atoms with E-state index in [9.17, 15) is 4.79 Å². The van der Waals surface area contributed by atoms with Crippen LogP contribution in [0.3, 0.4) is 0 Å². The van der Waals surface area contributed by atoms with Crippen molar-refractivity contribution in [2.24, 2.45) is 0 Å². The second-order valence-corrected chi connectivity index (χ2v) is 5.26. The normalized spacial score (nSPS) is 11.5. The lowest BCUT2D eigenvalue weighted by Crippen LogP contribution is -2.41. The third-order valence-electron chi connectivity index (χ3n) is 2.11. The first-order valence-electron chi connectivity index (χ1n) is 6.55. The molecule has 102 valence electrons. The van der Waals surface area contributed by atoms with Gasteiger partial charge in [0.2, 0.25) is 5.91 Å². The zero-order valence-corrected chi connectivity index (χ0v) is 11.8. The molecule has 0 bridgehead atoms. The van der Waals surface area contributed by atoms with Crippen LogP contribution in [0.15, 0.2) is 0 Å². The minimum Gasteiger partial charge on any atom is -0.380 e. The lowest BCUT2D eigenvalue weighted by atomic mass is 10.1. The molecule has 0 aliphatic heterocycles. The van der Waals surface area contributed by atoms with Gasteiger partial charge in [0.05, 0.1) is 6.61 Å². The van der Waals surface area contributed by atoms with Crippen molar-refractivity contribution < 1.29 is 9.53 Å². The molecule has 0 aliphatic carbocycles. The van der Waals surface area contributed by atoms with E-state index in [4.69, 9.17) is 4.74 Å². The summed E-state index contributed by atoms with van der Waals surface area (Å²) in [6.07, 6.45) is 2.81. The number of nitrogens with one attached hydrogen (secondary N) is 2. The second-order valence-electron chi connectivity index (χ2n) is 5.26. The molecule has 0 saturated carbocycles. The largest absolute Gasteiger partial charge is 0.380 e. The maximum absolute atomic E-state index is 11.5. The molecular weight excluding hydrogens is 216 g/mol. The topological polar surface area (TPSA) is 50.4 Å². The molecule has 0 aromatic carbocycles. The van der Waals surface area contributed by atoms with E-state index in [-0.39, 0.29) is 11.4 Å². The molecule has 1 amide bonds. The van der Waals surface area contributed by atoms with E-state index in [0.717, 1.165) is 26.2 Å². The van der Waals surface area contributed by atoms with Crippen molar-refractivity contribution >= 4 is 5.91 Å². The number of hydrogen-bond acceptors (Lipinski definition) is 3. The van der Waals surface area contributed by atoms with E-state index in [0.29, 0.717) is 13.0 Å². The molecule has 0 heterocycles. The highest BCUT2D eigenvalue weighted by molar-refractivity contribution is 5.76. The number of amides is 1. The Morgan fingerprint density at radius 2 is 1.88 bits per heavy atom. The van der Waals surface area contributed by atoms with Crippen LogP contribution in [-0.4, -0.2) is 37.7 Å². The molecule has 0 atom stereocenters. The molecule has 0 aromatic rings. The summed E-state index contributed by atoms with van der Waals surface area (Å²) in [5.74, 6) is 0.0944. The Morgan fingerprint density at radius 1 is 1.18 bits per heavy atom. The second kappa shape index (κ2) is 9.42. The number of hydrogen-bond donors (Lipinski definition) is 2. The van der Waals surface area contributed by atoms with Crippen molar-refractivity contribution in [2.45, 2.75) is 52.5 Å². The van der Waals surface area contributed by atoms with Gasteiger partial charge in [-0.15, -0.1) is 0 Å². The van der Waals surface area contributed by atoms with Crippen molar-refractivity contribution in [3.05, 3.63) is 0 Å². The molecule has 0 fully saturated rings. The summed E-state index contributed by atoms with van der Waals surface area (Å²) in [4.78, 5) is 11.5. The average Bonchev–Trinajstić information content (AvgIpc) is 2.19. The molecule has 0 aromatic heterocycles. The number of unbranched alkanes of at least 4 members (excludes halogenated alkanes) is 1. The minimum atomic E-state index is -0.139. The van der Waals surface area contributed by atoms with Crippen LogP contribution in [0.2, 0.25) is 0 Å². The van der Waals surface area contributed by atoms with Gasteiger partial charge in [0, 0.05) is 31.7 Å². The maximum Gasteiger partial charge on any atom is 0.221 e. The average molecular weight is 244 g/mol. The fraction of sp³-hybridized carbons (Fsp3) is 0.923. The van der Waals surface area contributed by atoms with Crippen LogP contribution in [0.1, 0.15) is 47.0 Å². The Balaban J connectivity index is 3.25. The third kappa shape index (κ3) is 13.3. The Bertz CT molecular complexity index is 200. The number of carbonyl (C=O) groups excluding carboxylic acids is 1. The van der Waals surface area contributed by atoms with Gasteiger partial charge in [-0.1, -0.05) is 13.3 Å². The van der Waals surface area contributed by atoms with Gasteiger partial charge in [-0.3, -0.25) is 4.79 Å². The van der Waals surface area contributed by atoms with Crippen molar-refractivity contribution in [3.63, 3.8) is 0 Å². The van der Waals surface area contributed by atoms with Gasteiger partial charge in [0.15, 0.2) is 0 Å². The van der Waals surface area contributed by atoms with Gasteiger partial charge < -0.3 is 15.4 Å². The van der Waals surface area contributed by atoms with Crippen molar-refractivity contribution in [1.82, 2.24) is 10.6 Å². The summed E-state index contributed by atoms with van der Waals surface area (Å²) in [5, 5.41) is 6.12. The predicted molar refractivity (Wildman–Crippen MR) is 71.1 cm³/mol. The maximum atomic E-state index is 11.5. The molecule has 4 heteroatoms. The van der Waals surface area contributed by atoms with Crippen LogP contribution in [0.4, 0.5) is 0 Å². The Kier molecular flexibility index (Phi) is 9.09. The van der Waals surface area contributed by atoms with Crippen molar-refractivity contribution in [2.75, 3.05) is 26.3 Å². The highest BCUT2D eigenvalue weighted by atomic mass is 16.5. The molecule has 0 aliphatic rings. The van der Waals surface area contributed by atoms with Crippen LogP contribution in [0.5, 0.6) is 0 Å². The first kappa shape index (κ1) is 16.4. The van der Waals surface area contributed by atoms with E-state index < -0.39 is 0 Å². The zero-order chi connectivity index (χ0) is 13.1. The first-order chi connectivity index (χ1) is 7.95. The van der Waals surface area contributed by atoms with E-state index in [1.807, 2.05) is 20.8 Å². The fourth-order valence-corrected chi connectivity index (χ4v) is 1.30. The first-order valence-corrected chi connectivity index (χ1v) is 6.55. The molecule has 2 N–H and O–H groups in total. The summed E-state index contributed by atoms with van der Waals surface area (Å²) in [5.41, 5.74) is -0.139. The van der Waals surface area contributed by atoms with Crippen molar-refractivity contribution in [3.8, 4) is 0 Å². The summed E-state index contributed by atoms with van der Waals surface area (Å²) in [6, 6.07) is 0. The minimum absolute atomic E-state index is 0.0944. The van der Waals surface area contributed by atoms with E-state index in [1.54, 1.807) is 0 Å². The SMILES string of the molecule is CCCCOCCNCCC(=O)NC(C)(C)C. The van der Waals surface area contributed by atoms with Crippen molar-refractivity contribution in [1.29, 1.82) is 0 Å². The summed E-state index contributed by atoms with van der Waals surface area (Å²) < 4.78 is 5.40. The quantitative estimate of drug-likeness (QED) is 0.607. The van der Waals surface area contributed by atoms with Gasteiger partial charge in [-0.2, -0.15) is 0 Å². The van der Waals surface area contributed by atoms with Crippen LogP contribution < -0.4 is 10.6 Å². The molecule has 4 nitrogen and oxygen atoms in total. The molecular formula is C13H28N2O2. The highest BCUT2D eigenvalue weighted by Crippen LogP contribution is 1.98. The summed E-state index contributed by atoms with van der Waals surface area (Å²) in [7, 11) is 0. The summed E-state index contributed by atoms with van der Waals surface area (Å²) in [6.45, 7) is 11.2. The molecule has 0 spiro atoms. The smallest absolute Gasteiger partial charge is 0.221 e. The molecule has 17 heavy (non-hydrogen) atoms. The van der Waals surface area contributed by atoms with Crippen LogP contribution in [0, 0.1) is 0 Å². The molecule has 0 radical (unpaired) electrons. The van der Waals surface area contributed by atoms with Gasteiger partial charge in [-0.25, -0.2) is 0 Å². The summed E-state index contributed by atoms with van der Waals surface area (Å²) >= 11 is 0. The Labute approximate surface area is 105 Å². The Hall–Kier alpha value is -0.610. The van der Waals surface area contributed by atoms with Gasteiger partial charge >= 0.3 is 0 Å². The van der Waals surface area contributed by atoms with Gasteiger partial charge in [0.25, 0.3) is 0 Å². The molecule has 0 unspecified atom stereocenters. The number of rotatable bonds is 9. The Morgan fingerprint density at radius 3 is 2.47 bits per heavy atom. The third-order valence-corrected chi connectivity index (χ3v) is 2.11. The highest BCUT2D eigenvalue weighted by Gasteiger charge is 2.12. The standard InChI is InChI=1S/C13H28N2O2/c1-5-6-10-17-11-9-14-8-7-12(16)15-13(2,3)4/h14H,5-11H2,1-4H3,(H,15,16). The van der Waals surface area contributed by atoms with Crippen LogP contribution >= 0.6 is 0 Å². The molecule has 0 rings (SSSR count). The predicted octanol–water partition coefficient (Wildman–Crippen LogP) is 1.70. The van der Waals surface area contributed by atoms with Gasteiger partial charge in [0.1, 0.15) is 0 Å². The lowest BCUT2D eigenvalue weighted by molar-refractivity contribution is -0.122. The van der Waals surface area contributed by atoms with E-state index in [2.05, 4.69) is 17.6 Å². The number of ether oxygens (including phenoxy) is 1. The lowest BCUT2D eigenvalue weighted by Gasteiger charge is -2.20. The zero-order valence-electron chi connectivity index (χ0n) is 11.8. The van der Waals surface area contributed by atoms with Crippen LogP contribution in [0.25, 0.3) is 0 Å². The van der Waals surface area contributed by atoms with Gasteiger partial charge in [-0.05, 0) is 27.2 Å². The monoisotopic (exact) mass is 244 g/mol. The van der Waals surface area contributed by atoms with Crippen LogP contribution in [-0.2, 0) is 9.53 Å². The van der Waals surface area contributed by atoms with E-state index >= 15 is 0 Å².